The van der Waals surface area contributed by atoms with Gasteiger partial charge in [0.1, 0.15) is 23.3 Å². The Bertz CT molecular complexity index is 1120. The first-order valence-electron chi connectivity index (χ1n) is 11.1. The van der Waals surface area contributed by atoms with Crippen LogP contribution in [0.1, 0.15) is 11.1 Å². The van der Waals surface area contributed by atoms with Crippen molar-refractivity contribution < 1.29 is 23.8 Å². The average molecular weight is 541 g/mol. The molecule has 0 saturated heterocycles. The first-order chi connectivity index (χ1) is 16.9. The van der Waals surface area contributed by atoms with Gasteiger partial charge in [0.05, 0.1) is 14.2 Å². The number of nitrogens with one attached hydrogen (secondary N) is 1. The summed E-state index contributed by atoms with van der Waals surface area (Å²) in [6, 6.07) is 21.6. The molecule has 0 aromatic heterocycles. The van der Waals surface area contributed by atoms with Gasteiger partial charge in [-0.15, -0.1) is 0 Å². The second kappa shape index (κ2) is 12.8. The minimum Gasteiger partial charge on any atom is -0.496 e. The number of likely N-dealkylation sites (N-methyl/N-ethyl adjacent to an activating group) is 1. The Labute approximate surface area is 214 Å². The lowest BCUT2D eigenvalue weighted by molar-refractivity contribution is -0.142. The van der Waals surface area contributed by atoms with Crippen LogP contribution in [0, 0.1) is 0 Å². The second-order valence-electron chi connectivity index (χ2n) is 7.81. The molecular formula is C27H29BrN2O5. The number of hydrogen-bond acceptors (Lipinski definition) is 5. The van der Waals surface area contributed by atoms with E-state index in [4.69, 9.17) is 14.2 Å². The zero-order valence-corrected chi connectivity index (χ0v) is 21.6. The van der Waals surface area contributed by atoms with E-state index in [1.165, 1.54) is 0 Å². The summed E-state index contributed by atoms with van der Waals surface area (Å²) in [5, 5.41) is 2.71. The standard InChI is InChI=1S/C27H29BrN2O5/c1-29-27(32)25(13-19-8-5-4-6-9-19)30(17-20-10-7-11-21(28)12-20)26(31)18-35-24-15-22(33-2)14-23(16-24)34-3/h4-12,14-16,25H,13,17-18H2,1-3H3,(H,29,32)/t25-/m0/s1. The monoisotopic (exact) mass is 540 g/mol. The number of benzene rings is 3. The number of halogens is 1. The lowest BCUT2D eigenvalue weighted by Gasteiger charge is -2.31. The van der Waals surface area contributed by atoms with Gasteiger partial charge in [0.2, 0.25) is 5.91 Å². The Hall–Kier alpha value is -3.52. The van der Waals surface area contributed by atoms with Crippen LogP contribution in [0.3, 0.4) is 0 Å². The number of methoxy groups -OCH3 is 2. The van der Waals surface area contributed by atoms with Gasteiger partial charge in [-0.1, -0.05) is 58.4 Å². The molecule has 35 heavy (non-hydrogen) atoms. The summed E-state index contributed by atoms with van der Waals surface area (Å²) in [5.41, 5.74) is 1.84. The maximum absolute atomic E-state index is 13.5. The lowest BCUT2D eigenvalue weighted by Crippen LogP contribution is -2.51. The summed E-state index contributed by atoms with van der Waals surface area (Å²) >= 11 is 3.48. The molecule has 1 atom stereocenters. The summed E-state index contributed by atoms with van der Waals surface area (Å²) in [7, 11) is 4.66. The first kappa shape index (κ1) is 26.1. The van der Waals surface area contributed by atoms with Gasteiger partial charge in [-0.05, 0) is 23.3 Å². The van der Waals surface area contributed by atoms with Crippen LogP contribution >= 0.6 is 15.9 Å². The molecule has 3 aromatic carbocycles. The van der Waals surface area contributed by atoms with E-state index < -0.39 is 6.04 Å². The lowest BCUT2D eigenvalue weighted by atomic mass is 10.0. The summed E-state index contributed by atoms with van der Waals surface area (Å²) < 4.78 is 17.3. The third kappa shape index (κ3) is 7.48. The highest BCUT2D eigenvalue weighted by Gasteiger charge is 2.30. The Balaban J connectivity index is 1.88. The van der Waals surface area contributed by atoms with Crippen molar-refractivity contribution in [2.24, 2.45) is 0 Å². The maximum atomic E-state index is 13.5. The highest BCUT2D eigenvalue weighted by Crippen LogP contribution is 2.27. The van der Waals surface area contributed by atoms with Crippen LogP contribution in [-0.4, -0.2) is 50.6 Å². The quantitative estimate of drug-likeness (QED) is 0.393. The van der Waals surface area contributed by atoms with Crippen molar-refractivity contribution in [1.82, 2.24) is 10.2 Å². The number of nitrogens with zero attached hydrogens (tertiary/aromatic N) is 1. The molecule has 0 saturated carbocycles. The second-order valence-corrected chi connectivity index (χ2v) is 8.72. The van der Waals surface area contributed by atoms with E-state index in [0.717, 1.165) is 15.6 Å². The maximum Gasteiger partial charge on any atom is 0.261 e. The number of carbonyl (C=O) groups excluding carboxylic acids is 2. The van der Waals surface area contributed by atoms with Gasteiger partial charge >= 0.3 is 0 Å². The Kier molecular flexibility index (Phi) is 9.55. The van der Waals surface area contributed by atoms with E-state index in [0.29, 0.717) is 23.7 Å². The molecule has 3 aromatic rings. The van der Waals surface area contributed by atoms with E-state index in [1.807, 2.05) is 54.6 Å². The fourth-order valence-electron chi connectivity index (χ4n) is 3.65. The van der Waals surface area contributed by atoms with Crippen molar-refractivity contribution in [3.8, 4) is 17.2 Å². The Morgan fingerprint density at radius 3 is 2.11 bits per heavy atom. The normalized spacial score (nSPS) is 11.3. The summed E-state index contributed by atoms with van der Waals surface area (Å²) in [5.74, 6) is 0.947. The molecule has 184 valence electrons. The van der Waals surface area contributed by atoms with Crippen molar-refractivity contribution in [1.29, 1.82) is 0 Å². The smallest absolute Gasteiger partial charge is 0.261 e. The van der Waals surface area contributed by atoms with E-state index in [-0.39, 0.29) is 25.0 Å². The van der Waals surface area contributed by atoms with Crippen LogP contribution in [0.2, 0.25) is 0 Å². The molecule has 2 amide bonds. The molecular weight excluding hydrogens is 512 g/mol. The number of hydrogen-bond donors (Lipinski definition) is 1. The predicted octanol–water partition coefficient (Wildman–Crippen LogP) is 4.23. The summed E-state index contributed by atoms with van der Waals surface area (Å²) in [6.07, 6.45) is 0.368. The first-order valence-corrected chi connectivity index (χ1v) is 11.9. The van der Waals surface area contributed by atoms with E-state index in [1.54, 1.807) is 44.4 Å². The number of ether oxygens (including phenoxy) is 3. The van der Waals surface area contributed by atoms with Crippen molar-refractivity contribution in [2.75, 3.05) is 27.9 Å². The van der Waals surface area contributed by atoms with Crippen molar-refractivity contribution in [2.45, 2.75) is 19.0 Å². The largest absolute Gasteiger partial charge is 0.496 e. The number of carbonyl (C=O) groups is 2. The van der Waals surface area contributed by atoms with Crippen LogP contribution in [0.4, 0.5) is 0 Å². The summed E-state index contributed by atoms with van der Waals surface area (Å²) in [6.45, 7) is -0.0133. The Morgan fingerprint density at radius 1 is 0.886 bits per heavy atom. The third-order valence-corrected chi connectivity index (χ3v) is 5.94. The van der Waals surface area contributed by atoms with E-state index >= 15 is 0 Å². The topological polar surface area (TPSA) is 77.1 Å². The molecule has 0 aliphatic carbocycles. The van der Waals surface area contributed by atoms with Gasteiger partial charge in [-0.3, -0.25) is 9.59 Å². The molecule has 0 aliphatic rings. The number of rotatable bonds is 11. The van der Waals surface area contributed by atoms with Crippen molar-refractivity contribution >= 4 is 27.7 Å². The van der Waals surface area contributed by atoms with Gasteiger partial charge in [0.25, 0.3) is 5.91 Å². The fraction of sp³-hybridized carbons (Fsp3) is 0.259. The van der Waals surface area contributed by atoms with Crippen molar-refractivity contribution in [3.63, 3.8) is 0 Å². The zero-order chi connectivity index (χ0) is 25.2. The molecule has 3 rings (SSSR count). The molecule has 0 spiro atoms. The molecule has 7 nitrogen and oxygen atoms in total. The van der Waals surface area contributed by atoms with Crippen LogP contribution in [0.5, 0.6) is 17.2 Å². The van der Waals surface area contributed by atoms with Crippen molar-refractivity contribution in [3.05, 3.63) is 88.4 Å². The molecule has 1 N–H and O–H groups in total. The van der Waals surface area contributed by atoms with E-state index in [9.17, 15) is 9.59 Å². The minimum atomic E-state index is -0.725. The van der Waals surface area contributed by atoms with E-state index in [2.05, 4.69) is 21.2 Å². The van der Waals surface area contributed by atoms with Gasteiger partial charge in [-0.2, -0.15) is 0 Å². The van der Waals surface area contributed by atoms with Crippen LogP contribution in [0.25, 0.3) is 0 Å². The van der Waals surface area contributed by atoms with Crippen LogP contribution in [-0.2, 0) is 22.6 Å². The molecule has 0 bridgehead atoms. The van der Waals surface area contributed by atoms with Crippen LogP contribution in [0.15, 0.2) is 77.3 Å². The molecule has 0 unspecified atom stereocenters. The molecule has 8 heteroatoms. The molecule has 0 heterocycles. The zero-order valence-electron chi connectivity index (χ0n) is 20.0. The molecule has 0 radical (unpaired) electrons. The Morgan fingerprint density at radius 2 is 1.51 bits per heavy atom. The average Bonchev–Trinajstić information content (AvgIpc) is 2.89. The highest BCUT2D eigenvalue weighted by molar-refractivity contribution is 9.10. The SMILES string of the molecule is CNC(=O)[C@H](Cc1ccccc1)N(Cc1cccc(Br)c1)C(=O)COc1cc(OC)cc(OC)c1. The van der Waals surface area contributed by atoms with Gasteiger partial charge in [0, 0.05) is 42.7 Å². The molecule has 0 aliphatic heterocycles. The highest BCUT2D eigenvalue weighted by atomic mass is 79.9. The number of amides is 2. The van der Waals surface area contributed by atoms with Gasteiger partial charge in [0.15, 0.2) is 6.61 Å². The third-order valence-electron chi connectivity index (χ3n) is 5.45. The fourth-order valence-corrected chi connectivity index (χ4v) is 4.09. The van der Waals surface area contributed by atoms with Gasteiger partial charge in [-0.25, -0.2) is 0 Å². The van der Waals surface area contributed by atoms with Gasteiger partial charge < -0.3 is 24.4 Å². The summed E-state index contributed by atoms with van der Waals surface area (Å²) in [4.78, 5) is 28.0. The predicted molar refractivity (Wildman–Crippen MR) is 138 cm³/mol. The van der Waals surface area contributed by atoms with Crippen LogP contribution < -0.4 is 19.5 Å². The minimum absolute atomic E-state index is 0.244. The molecule has 0 fully saturated rings.